The first-order valence-electron chi connectivity index (χ1n) is 7.31. The van der Waals surface area contributed by atoms with Gasteiger partial charge >= 0.3 is 0 Å². The van der Waals surface area contributed by atoms with Crippen LogP contribution in [-0.4, -0.2) is 55.4 Å². The fraction of sp³-hybridized carbons (Fsp3) is 1.00. The molecular formula is C13H28N2O3S. The summed E-state index contributed by atoms with van der Waals surface area (Å²) < 4.78 is 26.2. The van der Waals surface area contributed by atoms with Gasteiger partial charge in [0.15, 0.2) is 0 Å². The van der Waals surface area contributed by atoms with Gasteiger partial charge in [0.05, 0.1) is 12.4 Å². The summed E-state index contributed by atoms with van der Waals surface area (Å²) >= 11 is 0. The average molecular weight is 292 g/mol. The Labute approximate surface area is 117 Å². The van der Waals surface area contributed by atoms with Gasteiger partial charge in [-0.3, -0.25) is 0 Å². The summed E-state index contributed by atoms with van der Waals surface area (Å²) in [7, 11) is -3.23. The molecule has 0 aromatic heterocycles. The molecular weight excluding hydrogens is 264 g/mol. The molecule has 1 fully saturated rings. The lowest BCUT2D eigenvalue weighted by Crippen LogP contribution is -2.43. The van der Waals surface area contributed by atoms with Gasteiger partial charge in [0.1, 0.15) is 0 Å². The average Bonchev–Trinajstić information content (AvgIpc) is 2.59. The molecule has 1 rings (SSSR count). The lowest BCUT2D eigenvalue weighted by atomic mass is 10.1. The third-order valence-corrected chi connectivity index (χ3v) is 5.52. The number of hydrogen-bond donors (Lipinski definition) is 2. The first kappa shape index (κ1) is 16.9. The van der Waals surface area contributed by atoms with Gasteiger partial charge in [0.2, 0.25) is 10.0 Å². The van der Waals surface area contributed by atoms with E-state index >= 15 is 0 Å². The Kier molecular flexibility index (Phi) is 7.28. The largest absolute Gasteiger partial charge is 0.395 e. The van der Waals surface area contributed by atoms with E-state index in [0.29, 0.717) is 25.6 Å². The van der Waals surface area contributed by atoms with Crippen molar-refractivity contribution in [2.24, 2.45) is 0 Å². The highest BCUT2D eigenvalue weighted by atomic mass is 32.2. The zero-order valence-corrected chi connectivity index (χ0v) is 13.0. The molecule has 0 aromatic carbocycles. The summed E-state index contributed by atoms with van der Waals surface area (Å²) in [5, 5.41) is 12.6. The van der Waals surface area contributed by atoms with E-state index in [9.17, 15) is 13.5 Å². The molecule has 1 saturated heterocycles. The van der Waals surface area contributed by atoms with Crippen LogP contribution in [0.5, 0.6) is 0 Å². The zero-order chi connectivity index (χ0) is 14.3. The molecule has 1 aliphatic rings. The Morgan fingerprint density at radius 1 is 1.32 bits per heavy atom. The topological polar surface area (TPSA) is 69.6 Å². The van der Waals surface area contributed by atoms with Crippen molar-refractivity contribution in [2.75, 3.05) is 25.4 Å². The Morgan fingerprint density at radius 3 is 2.68 bits per heavy atom. The highest BCUT2D eigenvalue weighted by Gasteiger charge is 2.30. The number of aliphatic hydroxyl groups excluding tert-OH is 1. The van der Waals surface area contributed by atoms with E-state index in [-0.39, 0.29) is 18.4 Å². The molecule has 0 saturated carbocycles. The van der Waals surface area contributed by atoms with E-state index in [2.05, 4.69) is 5.32 Å². The van der Waals surface area contributed by atoms with E-state index < -0.39 is 10.0 Å². The van der Waals surface area contributed by atoms with E-state index in [1.165, 1.54) is 4.31 Å². The van der Waals surface area contributed by atoms with E-state index in [1.54, 1.807) is 0 Å². The van der Waals surface area contributed by atoms with Crippen LogP contribution in [-0.2, 0) is 10.0 Å². The SMILES string of the molecule is CC(C)NCCCS(=O)(=O)N1CCCCCC1CO. The quantitative estimate of drug-likeness (QED) is 0.685. The summed E-state index contributed by atoms with van der Waals surface area (Å²) in [6, 6.07) is 0.164. The van der Waals surface area contributed by atoms with Gasteiger partial charge in [0, 0.05) is 18.6 Å². The summed E-state index contributed by atoms with van der Waals surface area (Å²) in [6.45, 7) is 5.30. The van der Waals surface area contributed by atoms with Crippen LogP contribution in [0.4, 0.5) is 0 Å². The predicted octanol–water partition coefficient (Wildman–Crippen LogP) is 0.941. The molecule has 2 N–H and O–H groups in total. The first-order chi connectivity index (χ1) is 8.97. The van der Waals surface area contributed by atoms with Crippen LogP contribution in [0.1, 0.15) is 46.0 Å². The maximum Gasteiger partial charge on any atom is 0.214 e. The normalized spacial score (nSPS) is 22.6. The molecule has 1 aliphatic heterocycles. The van der Waals surface area contributed by atoms with Gasteiger partial charge in [-0.25, -0.2) is 8.42 Å². The van der Waals surface area contributed by atoms with E-state index in [1.807, 2.05) is 13.8 Å². The van der Waals surface area contributed by atoms with Gasteiger partial charge in [-0.15, -0.1) is 0 Å². The van der Waals surface area contributed by atoms with Gasteiger partial charge in [-0.2, -0.15) is 4.31 Å². The lowest BCUT2D eigenvalue weighted by Gasteiger charge is -2.27. The molecule has 0 aromatic rings. The second-order valence-corrected chi connectivity index (χ2v) is 7.62. The molecule has 0 bridgehead atoms. The van der Waals surface area contributed by atoms with Crippen molar-refractivity contribution in [1.29, 1.82) is 0 Å². The Balaban J connectivity index is 2.53. The van der Waals surface area contributed by atoms with Gasteiger partial charge < -0.3 is 10.4 Å². The van der Waals surface area contributed by atoms with Gasteiger partial charge in [0.25, 0.3) is 0 Å². The second-order valence-electron chi connectivity index (χ2n) is 5.57. The third kappa shape index (κ3) is 5.77. The van der Waals surface area contributed by atoms with Crippen molar-refractivity contribution < 1.29 is 13.5 Å². The van der Waals surface area contributed by atoms with Crippen molar-refractivity contribution >= 4 is 10.0 Å². The standard InChI is InChI=1S/C13H28N2O3S/c1-12(2)14-8-6-10-19(17,18)15-9-5-3-4-7-13(15)11-16/h12-14,16H,3-11H2,1-2H3. The van der Waals surface area contributed by atoms with Crippen LogP contribution in [0.3, 0.4) is 0 Å². The number of rotatable bonds is 7. The van der Waals surface area contributed by atoms with Crippen molar-refractivity contribution in [3.05, 3.63) is 0 Å². The summed E-state index contributed by atoms with van der Waals surface area (Å²) in [6.07, 6.45) is 4.36. The number of nitrogens with one attached hydrogen (secondary N) is 1. The minimum atomic E-state index is -3.23. The molecule has 1 atom stereocenters. The van der Waals surface area contributed by atoms with Crippen LogP contribution >= 0.6 is 0 Å². The monoisotopic (exact) mass is 292 g/mol. The predicted molar refractivity (Wildman–Crippen MR) is 77.6 cm³/mol. The summed E-state index contributed by atoms with van der Waals surface area (Å²) in [5.41, 5.74) is 0. The summed E-state index contributed by atoms with van der Waals surface area (Å²) in [5.74, 6) is 0.170. The summed E-state index contributed by atoms with van der Waals surface area (Å²) in [4.78, 5) is 0. The Morgan fingerprint density at radius 2 is 2.05 bits per heavy atom. The van der Waals surface area contributed by atoms with Crippen LogP contribution in [0, 0.1) is 0 Å². The van der Waals surface area contributed by atoms with Crippen molar-refractivity contribution in [3.63, 3.8) is 0 Å². The molecule has 6 heteroatoms. The van der Waals surface area contributed by atoms with E-state index in [0.717, 1.165) is 25.7 Å². The van der Waals surface area contributed by atoms with Crippen molar-refractivity contribution in [2.45, 2.75) is 58.0 Å². The van der Waals surface area contributed by atoms with Gasteiger partial charge in [-0.1, -0.05) is 26.7 Å². The smallest absolute Gasteiger partial charge is 0.214 e. The molecule has 19 heavy (non-hydrogen) atoms. The zero-order valence-electron chi connectivity index (χ0n) is 12.1. The molecule has 114 valence electrons. The van der Waals surface area contributed by atoms with Crippen molar-refractivity contribution in [1.82, 2.24) is 9.62 Å². The Bertz CT molecular complexity index is 344. The third-order valence-electron chi connectivity index (χ3n) is 3.52. The van der Waals surface area contributed by atoms with Crippen LogP contribution in [0.25, 0.3) is 0 Å². The highest BCUT2D eigenvalue weighted by Crippen LogP contribution is 2.20. The maximum absolute atomic E-state index is 12.3. The fourth-order valence-corrected chi connectivity index (χ4v) is 4.24. The molecule has 0 spiro atoms. The molecule has 0 radical (unpaired) electrons. The van der Waals surface area contributed by atoms with E-state index in [4.69, 9.17) is 0 Å². The molecule has 0 aliphatic carbocycles. The fourth-order valence-electron chi connectivity index (χ4n) is 2.46. The highest BCUT2D eigenvalue weighted by molar-refractivity contribution is 7.89. The van der Waals surface area contributed by atoms with Crippen LogP contribution < -0.4 is 5.32 Å². The van der Waals surface area contributed by atoms with Crippen LogP contribution in [0.15, 0.2) is 0 Å². The molecule has 0 amide bonds. The minimum absolute atomic E-state index is 0.0660. The number of hydrogen-bond acceptors (Lipinski definition) is 4. The first-order valence-corrected chi connectivity index (χ1v) is 8.92. The lowest BCUT2D eigenvalue weighted by molar-refractivity contribution is 0.186. The molecule has 5 nitrogen and oxygen atoms in total. The van der Waals surface area contributed by atoms with Crippen LogP contribution in [0.2, 0.25) is 0 Å². The van der Waals surface area contributed by atoms with Gasteiger partial charge in [-0.05, 0) is 25.8 Å². The van der Waals surface area contributed by atoms with Crippen molar-refractivity contribution in [3.8, 4) is 0 Å². The molecule has 1 unspecified atom stereocenters. The minimum Gasteiger partial charge on any atom is -0.395 e. The number of aliphatic hydroxyl groups is 1. The second kappa shape index (κ2) is 8.19. The molecule has 1 heterocycles. The Hall–Kier alpha value is -0.170. The number of nitrogens with zero attached hydrogens (tertiary/aromatic N) is 1. The maximum atomic E-state index is 12.3. The number of sulfonamides is 1.